The van der Waals surface area contributed by atoms with E-state index in [1.165, 1.54) is 12.8 Å². The number of nitrogens with zero attached hydrogens (tertiary/aromatic N) is 1. The molecule has 0 bridgehead atoms. The van der Waals surface area contributed by atoms with Crippen LogP contribution in [0.1, 0.15) is 30.9 Å². The summed E-state index contributed by atoms with van der Waals surface area (Å²) in [6, 6.07) is 8.09. The van der Waals surface area contributed by atoms with Crippen molar-refractivity contribution in [2.45, 2.75) is 26.7 Å². The topological polar surface area (TPSA) is 35.8 Å². The fourth-order valence-corrected chi connectivity index (χ4v) is 1.60. The van der Waals surface area contributed by atoms with Gasteiger partial charge in [0.1, 0.15) is 0 Å². The first-order valence-corrected chi connectivity index (χ1v) is 5.38. The Labute approximate surface area is 90.9 Å². The molecular weight excluding hydrogens is 184 g/mol. The Bertz CT molecular complexity index is 411. The molecule has 1 aliphatic rings. The van der Waals surface area contributed by atoms with E-state index in [1.54, 1.807) is 0 Å². The van der Waals surface area contributed by atoms with Gasteiger partial charge in [-0.1, -0.05) is 6.92 Å². The Balaban J connectivity index is 2.03. The Morgan fingerprint density at radius 3 is 2.73 bits per heavy atom. The standard InChI is InChI=1S/C13H16N2/c1-10-7-12(4-3-11(10)8-14)15-9-13(2)5-6-13/h3-4,7,15H,5-6,9H2,1-2H3. The second kappa shape index (κ2) is 3.58. The maximum atomic E-state index is 8.81. The first-order valence-electron chi connectivity index (χ1n) is 5.38. The van der Waals surface area contributed by atoms with E-state index in [1.807, 2.05) is 25.1 Å². The molecule has 0 spiro atoms. The molecule has 1 aromatic carbocycles. The smallest absolute Gasteiger partial charge is 0.0994 e. The van der Waals surface area contributed by atoms with Crippen LogP contribution in [0.15, 0.2) is 18.2 Å². The van der Waals surface area contributed by atoms with Gasteiger partial charge in [0.2, 0.25) is 0 Å². The summed E-state index contributed by atoms with van der Waals surface area (Å²) >= 11 is 0. The zero-order valence-electron chi connectivity index (χ0n) is 9.30. The summed E-state index contributed by atoms with van der Waals surface area (Å²) in [6.07, 6.45) is 2.66. The molecule has 0 aliphatic heterocycles. The third-order valence-electron chi connectivity index (χ3n) is 3.17. The highest BCUT2D eigenvalue weighted by Crippen LogP contribution is 2.44. The normalized spacial score (nSPS) is 16.9. The first-order chi connectivity index (χ1) is 7.13. The number of benzene rings is 1. The summed E-state index contributed by atoms with van der Waals surface area (Å²) in [5, 5.41) is 12.2. The zero-order valence-corrected chi connectivity index (χ0v) is 9.30. The van der Waals surface area contributed by atoms with Crippen molar-refractivity contribution in [3.05, 3.63) is 29.3 Å². The number of rotatable bonds is 3. The minimum Gasteiger partial charge on any atom is -0.384 e. The van der Waals surface area contributed by atoms with Gasteiger partial charge >= 0.3 is 0 Å². The summed E-state index contributed by atoms with van der Waals surface area (Å²) in [5.41, 5.74) is 3.45. The monoisotopic (exact) mass is 200 g/mol. The van der Waals surface area contributed by atoms with Gasteiger partial charge in [0.15, 0.2) is 0 Å². The van der Waals surface area contributed by atoms with Crippen LogP contribution >= 0.6 is 0 Å². The van der Waals surface area contributed by atoms with Crippen LogP contribution in [0.5, 0.6) is 0 Å². The van der Waals surface area contributed by atoms with Crippen molar-refractivity contribution in [2.24, 2.45) is 5.41 Å². The number of aryl methyl sites for hydroxylation is 1. The third kappa shape index (κ3) is 2.30. The van der Waals surface area contributed by atoms with E-state index in [2.05, 4.69) is 18.3 Å². The Morgan fingerprint density at radius 2 is 2.20 bits per heavy atom. The van der Waals surface area contributed by atoms with E-state index in [4.69, 9.17) is 5.26 Å². The van der Waals surface area contributed by atoms with Crippen LogP contribution in [-0.4, -0.2) is 6.54 Å². The predicted molar refractivity (Wildman–Crippen MR) is 61.7 cm³/mol. The molecule has 0 atom stereocenters. The number of hydrogen-bond acceptors (Lipinski definition) is 2. The molecule has 1 N–H and O–H groups in total. The second-order valence-corrected chi connectivity index (χ2v) is 4.81. The Kier molecular flexibility index (Phi) is 2.40. The average Bonchev–Trinajstić information content (AvgIpc) is 2.95. The molecule has 0 heterocycles. The largest absolute Gasteiger partial charge is 0.384 e. The van der Waals surface area contributed by atoms with Crippen LogP contribution < -0.4 is 5.32 Å². The summed E-state index contributed by atoms with van der Waals surface area (Å²) in [7, 11) is 0. The molecular formula is C13H16N2. The molecule has 0 saturated heterocycles. The van der Waals surface area contributed by atoms with E-state index in [-0.39, 0.29) is 0 Å². The summed E-state index contributed by atoms with van der Waals surface area (Å²) in [4.78, 5) is 0. The average molecular weight is 200 g/mol. The van der Waals surface area contributed by atoms with Gasteiger partial charge in [-0.25, -0.2) is 0 Å². The molecule has 2 heteroatoms. The Hall–Kier alpha value is -1.49. The van der Waals surface area contributed by atoms with Gasteiger partial charge in [-0.05, 0) is 48.9 Å². The lowest BCUT2D eigenvalue weighted by molar-refractivity contribution is 0.611. The van der Waals surface area contributed by atoms with E-state index in [0.29, 0.717) is 5.41 Å². The summed E-state index contributed by atoms with van der Waals surface area (Å²) in [5.74, 6) is 0. The minimum atomic E-state index is 0.516. The lowest BCUT2D eigenvalue weighted by Gasteiger charge is -2.12. The van der Waals surface area contributed by atoms with Crippen molar-refractivity contribution < 1.29 is 0 Å². The molecule has 0 radical (unpaired) electrons. The lowest BCUT2D eigenvalue weighted by atomic mass is 10.1. The quantitative estimate of drug-likeness (QED) is 0.813. The van der Waals surface area contributed by atoms with Crippen LogP contribution in [-0.2, 0) is 0 Å². The zero-order chi connectivity index (χ0) is 10.9. The lowest BCUT2D eigenvalue weighted by Crippen LogP contribution is -2.11. The summed E-state index contributed by atoms with van der Waals surface area (Å²) < 4.78 is 0. The molecule has 2 rings (SSSR count). The van der Waals surface area contributed by atoms with E-state index in [9.17, 15) is 0 Å². The van der Waals surface area contributed by atoms with Gasteiger partial charge in [-0.3, -0.25) is 0 Å². The molecule has 2 nitrogen and oxygen atoms in total. The Morgan fingerprint density at radius 1 is 1.47 bits per heavy atom. The molecule has 1 aliphatic carbocycles. The molecule has 15 heavy (non-hydrogen) atoms. The van der Waals surface area contributed by atoms with Gasteiger partial charge in [-0.15, -0.1) is 0 Å². The minimum absolute atomic E-state index is 0.516. The maximum Gasteiger partial charge on any atom is 0.0994 e. The predicted octanol–water partition coefficient (Wildman–Crippen LogP) is 3.08. The number of nitriles is 1. The fourth-order valence-electron chi connectivity index (χ4n) is 1.60. The summed E-state index contributed by atoms with van der Waals surface area (Å²) in [6.45, 7) is 5.32. The molecule has 0 unspecified atom stereocenters. The third-order valence-corrected chi connectivity index (χ3v) is 3.17. The number of hydrogen-bond donors (Lipinski definition) is 1. The van der Waals surface area contributed by atoms with Gasteiger partial charge in [-0.2, -0.15) is 5.26 Å². The molecule has 0 amide bonds. The van der Waals surface area contributed by atoms with Crippen molar-refractivity contribution in [3.63, 3.8) is 0 Å². The van der Waals surface area contributed by atoms with Crippen molar-refractivity contribution in [3.8, 4) is 6.07 Å². The second-order valence-electron chi connectivity index (χ2n) is 4.81. The van der Waals surface area contributed by atoms with E-state index < -0.39 is 0 Å². The molecule has 0 aromatic heterocycles. The fraction of sp³-hybridized carbons (Fsp3) is 0.462. The highest BCUT2D eigenvalue weighted by molar-refractivity contribution is 5.51. The van der Waals surface area contributed by atoms with E-state index in [0.717, 1.165) is 23.4 Å². The molecule has 1 fully saturated rings. The van der Waals surface area contributed by atoms with Crippen LogP contribution in [0.25, 0.3) is 0 Å². The van der Waals surface area contributed by atoms with Crippen molar-refractivity contribution in [1.29, 1.82) is 5.26 Å². The van der Waals surface area contributed by atoms with E-state index >= 15 is 0 Å². The first kappa shape index (κ1) is 10.0. The van der Waals surface area contributed by atoms with Gasteiger partial charge in [0.05, 0.1) is 11.6 Å². The van der Waals surface area contributed by atoms with Crippen LogP contribution in [0.4, 0.5) is 5.69 Å². The van der Waals surface area contributed by atoms with Crippen LogP contribution in [0, 0.1) is 23.7 Å². The van der Waals surface area contributed by atoms with Crippen molar-refractivity contribution in [2.75, 3.05) is 11.9 Å². The van der Waals surface area contributed by atoms with Gasteiger partial charge < -0.3 is 5.32 Å². The highest BCUT2D eigenvalue weighted by atomic mass is 14.9. The van der Waals surface area contributed by atoms with Crippen molar-refractivity contribution in [1.82, 2.24) is 0 Å². The molecule has 78 valence electrons. The number of anilines is 1. The maximum absolute atomic E-state index is 8.81. The molecule has 1 saturated carbocycles. The molecule has 1 aromatic rings. The van der Waals surface area contributed by atoms with Crippen LogP contribution in [0.3, 0.4) is 0 Å². The van der Waals surface area contributed by atoms with Crippen molar-refractivity contribution >= 4 is 5.69 Å². The van der Waals surface area contributed by atoms with Gasteiger partial charge in [0.25, 0.3) is 0 Å². The van der Waals surface area contributed by atoms with Crippen LogP contribution in [0.2, 0.25) is 0 Å². The number of nitrogens with one attached hydrogen (secondary N) is 1. The SMILES string of the molecule is Cc1cc(NCC2(C)CC2)ccc1C#N. The highest BCUT2D eigenvalue weighted by Gasteiger charge is 2.36. The van der Waals surface area contributed by atoms with Gasteiger partial charge in [0, 0.05) is 12.2 Å².